The minimum absolute atomic E-state index is 0.111. The summed E-state index contributed by atoms with van der Waals surface area (Å²) in [4.78, 5) is 0. The van der Waals surface area contributed by atoms with Gasteiger partial charge in [0.25, 0.3) is 0 Å². The van der Waals surface area contributed by atoms with Crippen LogP contribution >= 0.6 is 0 Å². The molecular weight excluding hydrogens is 184 g/mol. The molecule has 0 aliphatic heterocycles. The van der Waals surface area contributed by atoms with Crippen molar-refractivity contribution in [3.8, 4) is 0 Å². The molecule has 1 saturated carbocycles. The molecule has 0 saturated heterocycles. The second-order valence-corrected chi connectivity index (χ2v) is 4.88. The van der Waals surface area contributed by atoms with Gasteiger partial charge in [-0.25, -0.2) is 0 Å². The van der Waals surface area contributed by atoms with Crippen LogP contribution < -0.4 is 11.1 Å². The molecule has 1 aliphatic rings. The quantitative estimate of drug-likeness (QED) is 0.786. The van der Waals surface area contributed by atoms with Crippen molar-refractivity contribution in [2.75, 3.05) is 6.54 Å². The number of hydrogen-bond acceptors (Lipinski definition) is 2. The highest BCUT2D eigenvalue weighted by molar-refractivity contribution is 5.29. The summed E-state index contributed by atoms with van der Waals surface area (Å²) in [5.74, 6) is 0. The first kappa shape index (κ1) is 10.7. The van der Waals surface area contributed by atoms with Gasteiger partial charge in [0.1, 0.15) is 0 Å². The van der Waals surface area contributed by atoms with Crippen LogP contribution in [0.2, 0.25) is 0 Å². The second kappa shape index (κ2) is 3.95. The molecule has 0 aromatic heterocycles. The fourth-order valence-electron chi connectivity index (χ4n) is 1.71. The maximum absolute atomic E-state index is 6.00. The van der Waals surface area contributed by atoms with Crippen LogP contribution in [-0.2, 0) is 6.54 Å². The largest absolute Gasteiger partial charge is 0.324 e. The van der Waals surface area contributed by atoms with E-state index in [1.165, 1.54) is 29.5 Å². The minimum Gasteiger partial charge on any atom is -0.324 e. The number of hydrogen-bond donors (Lipinski definition) is 2. The Labute approximate surface area is 91.9 Å². The molecule has 0 heterocycles. The molecule has 0 spiro atoms. The number of nitrogens with one attached hydrogen (secondary N) is 1. The number of rotatable bonds is 4. The van der Waals surface area contributed by atoms with Crippen LogP contribution in [0.5, 0.6) is 0 Å². The molecule has 0 amide bonds. The maximum Gasteiger partial charge on any atom is 0.0282 e. The van der Waals surface area contributed by atoms with Crippen LogP contribution in [0.3, 0.4) is 0 Å². The van der Waals surface area contributed by atoms with Gasteiger partial charge in [0, 0.05) is 18.6 Å². The standard InChI is InChI=1S/C13H20N2/c1-10-3-4-12(7-11(10)2)8-15-9-13(14)5-6-13/h3-4,7,15H,5-6,8-9,14H2,1-2H3. The highest BCUT2D eigenvalue weighted by Gasteiger charge is 2.37. The molecular formula is C13H20N2. The first-order chi connectivity index (χ1) is 7.09. The van der Waals surface area contributed by atoms with Crippen LogP contribution in [0.15, 0.2) is 18.2 Å². The summed E-state index contributed by atoms with van der Waals surface area (Å²) in [6.45, 7) is 6.18. The Morgan fingerprint density at radius 3 is 2.60 bits per heavy atom. The first-order valence-corrected chi connectivity index (χ1v) is 5.65. The van der Waals surface area contributed by atoms with Crippen molar-refractivity contribution in [1.82, 2.24) is 5.32 Å². The third kappa shape index (κ3) is 2.80. The Balaban J connectivity index is 1.85. The van der Waals surface area contributed by atoms with Gasteiger partial charge in [0.05, 0.1) is 0 Å². The summed E-state index contributed by atoms with van der Waals surface area (Å²) >= 11 is 0. The molecule has 0 unspecified atom stereocenters. The van der Waals surface area contributed by atoms with Crippen LogP contribution in [0, 0.1) is 13.8 Å². The predicted molar refractivity (Wildman–Crippen MR) is 63.8 cm³/mol. The first-order valence-electron chi connectivity index (χ1n) is 5.65. The van der Waals surface area contributed by atoms with Gasteiger partial charge >= 0.3 is 0 Å². The van der Waals surface area contributed by atoms with Crippen LogP contribution in [-0.4, -0.2) is 12.1 Å². The summed E-state index contributed by atoms with van der Waals surface area (Å²) < 4.78 is 0. The van der Waals surface area contributed by atoms with Crippen molar-refractivity contribution in [2.45, 2.75) is 38.8 Å². The molecule has 1 aliphatic carbocycles. The average Bonchev–Trinajstić information content (AvgIpc) is 2.90. The lowest BCUT2D eigenvalue weighted by Crippen LogP contribution is -2.35. The molecule has 0 atom stereocenters. The van der Waals surface area contributed by atoms with Crippen LogP contribution in [0.1, 0.15) is 29.5 Å². The molecule has 1 fully saturated rings. The van der Waals surface area contributed by atoms with Gasteiger partial charge in [-0.05, 0) is 43.4 Å². The van der Waals surface area contributed by atoms with Gasteiger partial charge in [0.2, 0.25) is 0 Å². The Bertz CT molecular complexity index is 354. The van der Waals surface area contributed by atoms with Gasteiger partial charge in [-0.2, -0.15) is 0 Å². The van der Waals surface area contributed by atoms with E-state index in [9.17, 15) is 0 Å². The molecule has 82 valence electrons. The number of aryl methyl sites for hydroxylation is 2. The normalized spacial score (nSPS) is 17.8. The summed E-state index contributed by atoms with van der Waals surface area (Å²) in [5, 5.41) is 3.43. The molecule has 1 aromatic rings. The van der Waals surface area contributed by atoms with E-state index in [1.807, 2.05) is 0 Å². The average molecular weight is 204 g/mol. The van der Waals surface area contributed by atoms with E-state index in [0.29, 0.717) is 0 Å². The van der Waals surface area contributed by atoms with Crippen molar-refractivity contribution in [3.63, 3.8) is 0 Å². The molecule has 15 heavy (non-hydrogen) atoms. The Morgan fingerprint density at radius 2 is 2.00 bits per heavy atom. The van der Waals surface area contributed by atoms with E-state index >= 15 is 0 Å². The van der Waals surface area contributed by atoms with E-state index in [0.717, 1.165) is 13.1 Å². The highest BCUT2D eigenvalue weighted by atomic mass is 15.0. The Kier molecular flexibility index (Phi) is 2.81. The number of nitrogens with two attached hydrogens (primary N) is 1. The van der Waals surface area contributed by atoms with Crippen molar-refractivity contribution in [1.29, 1.82) is 0 Å². The van der Waals surface area contributed by atoms with Gasteiger partial charge in [0.15, 0.2) is 0 Å². The monoisotopic (exact) mass is 204 g/mol. The molecule has 0 radical (unpaired) electrons. The zero-order chi connectivity index (χ0) is 10.9. The van der Waals surface area contributed by atoms with Crippen molar-refractivity contribution in [3.05, 3.63) is 34.9 Å². The lowest BCUT2D eigenvalue weighted by Gasteiger charge is -2.11. The smallest absolute Gasteiger partial charge is 0.0282 e. The van der Waals surface area contributed by atoms with Crippen molar-refractivity contribution < 1.29 is 0 Å². The molecule has 0 bridgehead atoms. The van der Waals surface area contributed by atoms with E-state index in [1.54, 1.807) is 0 Å². The third-order valence-electron chi connectivity index (χ3n) is 3.27. The lowest BCUT2D eigenvalue weighted by atomic mass is 10.1. The molecule has 1 aromatic carbocycles. The SMILES string of the molecule is Cc1ccc(CNCC2(N)CC2)cc1C. The molecule has 3 N–H and O–H groups in total. The van der Waals surface area contributed by atoms with E-state index < -0.39 is 0 Å². The maximum atomic E-state index is 6.00. The lowest BCUT2D eigenvalue weighted by molar-refractivity contribution is 0.569. The highest BCUT2D eigenvalue weighted by Crippen LogP contribution is 2.31. The summed E-state index contributed by atoms with van der Waals surface area (Å²) in [6, 6.07) is 6.62. The van der Waals surface area contributed by atoms with Crippen molar-refractivity contribution in [2.24, 2.45) is 5.73 Å². The van der Waals surface area contributed by atoms with Gasteiger partial charge in [-0.1, -0.05) is 18.2 Å². The van der Waals surface area contributed by atoms with E-state index in [2.05, 4.69) is 37.4 Å². The predicted octanol–water partition coefficient (Wildman–Crippen LogP) is 1.88. The summed E-state index contributed by atoms with van der Waals surface area (Å²) in [6.07, 6.45) is 2.35. The summed E-state index contributed by atoms with van der Waals surface area (Å²) in [5.41, 5.74) is 10.2. The van der Waals surface area contributed by atoms with Gasteiger partial charge in [-0.3, -0.25) is 0 Å². The van der Waals surface area contributed by atoms with Crippen molar-refractivity contribution >= 4 is 0 Å². The van der Waals surface area contributed by atoms with E-state index in [4.69, 9.17) is 5.73 Å². The molecule has 2 nitrogen and oxygen atoms in total. The fraction of sp³-hybridized carbons (Fsp3) is 0.538. The third-order valence-corrected chi connectivity index (χ3v) is 3.27. The minimum atomic E-state index is 0.111. The second-order valence-electron chi connectivity index (χ2n) is 4.88. The van der Waals surface area contributed by atoms with Crippen LogP contribution in [0.25, 0.3) is 0 Å². The molecule has 2 rings (SSSR count). The number of benzene rings is 1. The van der Waals surface area contributed by atoms with Gasteiger partial charge in [-0.15, -0.1) is 0 Å². The molecule has 2 heteroatoms. The Morgan fingerprint density at radius 1 is 1.27 bits per heavy atom. The van der Waals surface area contributed by atoms with Crippen LogP contribution in [0.4, 0.5) is 0 Å². The zero-order valence-electron chi connectivity index (χ0n) is 9.64. The zero-order valence-corrected chi connectivity index (χ0v) is 9.64. The Hall–Kier alpha value is -0.860. The van der Waals surface area contributed by atoms with E-state index in [-0.39, 0.29) is 5.54 Å². The summed E-state index contributed by atoms with van der Waals surface area (Å²) in [7, 11) is 0. The van der Waals surface area contributed by atoms with Gasteiger partial charge < -0.3 is 11.1 Å². The topological polar surface area (TPSA) is 38.0 Å². The fourth-order valence-corrected chi connectivity index (χ4v) is 1.71.